The van der Waals surface area contributed by atoms with Gasteiger partial charge in [0.15, 0.2) is 0 Å². The summed E-state index contributed by atoms with van der Waals surface area (Å²) in [7, 11) is 0. The number of nitrogens with one attached hydrogen (secondary N) is 1. The van der Waals surface area contributed by atoms with Crippen molar-refractivity contribution in [1.82, 2.24) is 19.9 Å². The van der Waals surface area contributed by atoms with Crippen molar-refractivity contribution in [3.05, 3.63) is 54.4 Å². The number of likely N-dealkylation sites (tertiary alicyclic amines) is 1. The zero-order valence-corrected chi connectivity index (χ0v) is 17.5. The van der Waals surface area contributed by atoms with Crippen LogP contribution in [-0.4, -0.2) is 52.1 Å². The fourth-order valence-corrected chi connectivity index (χ4v) is 4.65. The first-order valence-electron chi connectivity index (χ1n) is 11.3. The van der Waals surface area contributed by atoms with Crippen LogP contribution >= 0.6 is 0 Å². The minimum absolute atomic E-state index is 0.367. The molecule has 5 rings (SSSR count). The van der Waals surface area contributed by atoms with Gasteiger partial charge in [0.05, 0.1) is 11.2 Å². The number of anilines is 2. The third-order valence-corrected chi connectivity index (χ3v) is 6.21. The Morgan fingerprint density at radius 2 is 1.73 bits per heavy atom. The van der Waals surface area contributed by atoms with Gasteiger partial charge in [0.1, 0.15) is 5.82 Å². The number of fused-ring (bicyclic) bond motifs is 1. The van der Waals surface area contributed by atoms with E-state index in [1.54, 1.807) is 0 Å². The zero-order chi connectivity index (χ0) is 20.2. The van der Waals surface area contributed by atoms with Crippen LogP contribution in [0.15, 0.2) is 48.7 Å². The minimum atomic E-state index is 0.367. The van der Waals surface area contributed by atoms with Crippen molar-refractivity contribution in [3.8, 4) is 0 Å². The second kappa shape index (κ2) is 8.96. The van der Waals surface area contributed by atoms with Crippen LogP contribution in [-0.2, 0) is 6.54 Å². The normalized spacial score (nSPS) is 20.4. The summed E-state index contributed by atoms with van der Waals surface area (Å²) in [4.78, 5) is 19.2. The zero-order valence-electron chi connectivity index (χ0n) is 17.5. The molecule has 0 radical (unpaired) electrons. The van der Waals surface area contributed by atoms with Gasteiger partial charge in [-0.05, 0) is 43.5 Å². The van der Waals surface area contributed by atoms with E-state index in [0.29, 0.717) is 6.04 Å². The lowest BCUT2D eigenvalue weighted by Crippen LogP contribution is -2.28. The smallest absolute Gasteiger partial charge is 0.225 e. The Labute approximate surface area is 178 Å². The lowest BCUT2D eigenvalue weighted by molar-refractivity contribution is 0.324. The van der Waals surface area contributed by atoms with Crippen LogP contribution in [0.3, 0.4) is 0 Å². The van der Waals surface area contributed by atoms with Crippen molar-refractivity contribution in [2.24, 2.45) is 0 Å². The quantitative estimate of drug-likeness (QED) is 0.694. The van der Waals surface area contributed by atoms with Crippen LogP contribution in [0, 0.1) is 0 Å². The van der Waals surface area contributed by atoms with Gasteiger partial charge in [0, 0.05) is 50.3 Å². The molecule has 4 heterocycles. The number of rotatable bonds is 5. The number of benzene rings is 1. The van der Waals surface area contributed by atoms with Crippen LogP contribution < -0.4 is 10.2 Å². The van der Waals surface area contributed by atoms with Crippen molar-refractivity contribution < 1.29 is 0 Å². The molecule has 0 unspecified atom stereocenters. The summed E-state index contributed by atoms with van der Waals surface area (Å²) in [6.07, 6.45) is 8.09. The first kappa shape index (κ1) is 19.2. The van der Waals surface area contributed by atoms with E-state index in [9.17, 15) is 0 Å². The van der Waals surface area contributed by atoms with E-state index >= 15 is 0 Å². The van der Waals surface area contributed by atoms with E-state index in [0.717, 1.165) is 67.5 Å². The van der Waals surface area contributed by atoms with E-state index in [2.05, 4.69) is 56.5 Å². The van der Waals surface area contributed by atoms with Crippen LogP contribution in [0.2, 0.25) is 0 Å². The summed E-state index contributed by atoms with van der Waals surface area (Å²) in [6.45, 7) is 5.13. The number of hydrogen-bond donors (Lipinski definition) is 1. The van der Waals surface area contributed by atoms with Crippen molar-refractivity contribution in [2.75, 3.05) is 36.4 Å². The molecule has 2 aromatic heterocycles. The molecule has 0 amide bonds. The molecular formula is C24H30N6. The molecule has 3 aromatic rings. The highest BCUT2D eigenvalue weighted by Crippen LogP contribution is 2.28. The van der Waals surface area contributed by atoms with Crippen LogP contribution in [0.1, 0.15) is 37.8 Å². The maximum Gasteiger partial charge on any atom is 0.225 e. The lowest BCUT2D eigenvalue weighted by Gasteiger charge is -2.24. The highest BCUT2D eigenvalue weighted by atomic mass is 15.3. The summed E-state index contributed by atoms with van der Waals surface area (Å²) < 4.78 is 0. The minimum Gasteiger partial charge on any atom is -0.356 e. The molecule has 1 N–H and O–H groups in total. The molecule has 30 heavy (non-hydrogen) atoms. The van der Waals surface area contributed by atoms with Crippen molar-refractivity contribution >= 4 is 22.7 Å². The van der Waals surface area contributed by atoms with Gasteiger partial charge >= 0.3 is 0 Å². The maximum absolute atomic E-state index is 5.01. The Bertz CT molecular complexity index is 968. The highest BCUT2D eigenvalue weighted by molar-refractivity contribution is 5.90. The first-order chi connectivity index (χ1) is 14.8. The van der Waals surface area contributed by atoms with Crippen molar-refractivity contribution in [2.45, 2.75) is 44.7 Å². The average molecular weight is 403 g/mol. The van der Waals surface area contributed by atoms with Gasteiger partial charge in [-0.1, -0.05) is 31.0 Å². The van der Waals surface area contributed by atoms with E-state index in [-0.39, 0.29) is 0 Å². The van der Waals surface area contributed by atoms with Crippen molar-refractivity contribution in [3.63, 3.8) is 0 Å². The van der Waals surface area contributed by atoms with E-state index in [1.807, 2.05) is 12.3 Å². The number of nitrogens with zero attached hydrogens (tertiary/aromatic N) is 5. The summed E-state index contributed by atoms with van der Waals surface area (Å²) in [6, 6.07) is 14.9. The number of pyridine rings is 1. The van der Waals surface area contributed by atoms with E-state index < -0.39 is 0 Å². The first-order valence-corrected chi connectivity index (χ1v) is 11.3. The third kappa shape index (κ3) is 4.38. The van der Waals surface area contributed by atoms with Gasteiger partial charge in [0.2, 0.25) is 5.95 Å². The van der Waals surface area contributed by atoms with Gasteiger partial charge in [-0.15, -0.1) is 0 Å². The average Bonchev–Trinajstić information content (AvgIpc) is 3.04. The van der Waals surface area contributed by atoms with Gasteiger partial charge in [-0.25, -0.2) is 4.98 Å². The van der Waals surface area contributed by atoms with Crippen LogP contribution in [0.4, 0.5) is 11.8 Å². The molecule has 2 saturated heterocycles. The Morgan fingerprint density at radius 1 is 0.900 bits per heavy atom. The summed E-state index contributed by atoms with van der Waals surface area (Å²) in [5.41, 5.74) is 2.15. The Hall–Kier alpha value is -2.73. The second-order valence-corrected chi connectivity index (χ2v) is 8.48. The highest BCUT2D eigenvalue weighted by Gasteiger charge is 2.24. The molecule has 1 aromatic carbocycles. The SMILES string of the molecule is c1ccc(CN2CC[C@H](Nc3nc(N4CCCCCC4)c4ccccc4n3)C2)nc1. The molecule has 0 aliphatic carbocycles. The molecule has 156 valence electrons. The fourth-order valence-electron chi connectivity index (χ4n) is 4.65. The summed E-state index contributed by atoms with van der Waals surface area (Å²) >= 11 is 0. The standard InChI is InChI=1S/C24H30N6/c1-2-8-15-30(14-7-1)23-21-10-3-4-11-22(21)27-24(28-23)26-20-12-16-29(18-20)17-19-9-5-6-13-25-19/h3-6,9-11,13,20H,1-2,7-8,12,14-18H2,(H,26,27,28)/t20-/m0/s1. The predicted octanol–water partition coefficient (Wildman–Crippen LogP) is 4.09. The molecule has 2 aliphatic rings. The summed E-state index contributed by atoms with van der Waals surface area (Å²) in [5.74, 6) is 1.85. The molecule has 2 aliphatic heterocycles. The molecule has 6 nitrogen and oxygen atoms in total. The van der Waals surface area contributed by atoms with Crippen LogP contribution in [0.5, 0.6) is 0 Å². The second-order valence-electron chi connectivity index (χ2n) is 8.48. The van der Waals surface area contributed by atoms with Gasteiger partial charge in [-0.3, -0.25) is 9.88 Å². The topological polar surface area (TPSA) is 57.2 Å². The monoisotopic (exact) mass is 402 g/mol. The van der Waals surface area contributed by atoms with Gasteiger partial charge in [-0.2, -0.15) is 4.98 Å². The molecule has 0 saturated carbocycles. The molecule has 6 heteroatoms. The van der Waals surface area contributed by atoms with E-state index in [1.165, 1.54) is 25.7 Å². The Morgan fingerprint density at radius 3 is 2.57 bits per heavy atom. The number of hydrogen-bond acceptors (Lipinski definition) is 6. The molecule has 0 spiro atoms. The molecular weight excluding hydrogens is 372 g/mol. The van der Waals surface area contributed by atoms with Crippen LogP contribution in [0.25, 0.3) is 10.9 Å². The maximum atomic E-state index is 5.01. The Kier molecular flexibility index (Phi) is 5.75. The largest absolute Gasteiger partial charge is 0.356 e. The van der Waals surface area contributed by atoms with Crippen molar-refractivity contribution in [1.29, 1.82) is 0 Å². The van der Waals surface area contributed by atoms with Gasteiger partial charge in [0.25, 0.3) is 0 Å². The predicted molar refractivity (Wildman–Crippen MR) is 122 cm³/mol. The molecule has 0 bridgehead atoms. The third-order valence-electron chi connectivity index (χ3n) is 6.21. The fraction of sp³-hybridized carbons (Fsp3) is 0.458. The number of para-hydroxylation sites is 1. The Balaban J connectivity index is 1.33. The van der Waals surface area contributed by atoms with Gasteiger partial charge < -0.3 is 10.2 Å². The summed E-state index contributed by atoms with van der Waals surface area (Å²) in [5, 5.41) is 4.79. The molecule has 1 atom stereocenters. The lowest BCUT2D eigenvalue weighted by atomic mass is 10.2. The van der Waals surface area contributed by atoms with E-state index in [4.69, 9.17) is 9.97 Å². The molecule has 2 fully saturated rings. The number of aromatic nitrogens is 3.